The highest BCUT2D eigenvalue weighted by molar-refractivity contribution is 5.87. The maximum atomic E-state index is 6.19. The summed E-state index contributed by atoms with van der Waals surface area (Å²) in [5, 5.41) is 6.08. The van der Waals surface area contributed by atoms with Gasteiger partial charge < -0.3 is 10.1 Å². The molecule has 0 radical (unpaired) electrons. The van der Waals surface area contributed by atoms with Crippen LogP contribution >= 0.6 is 12.4 Å². The van der Waals surface area contributed by atoms with Gasteiger partial charge in [0.25, 0.3) is 0 Å². The maximum Gasteiger partial charge on any atom is 0.124 e. The lowest BCUT2D eigenvalue weighted by Gasteiger charge is -2.16. The van der Waals surface area contributed by atoms with Gasteiger partial charge in [-0.25, -0.2) is 0 Å². The van der Waals surface area contributed by atoms with Crippen LogP contribution in [0.15, 0.2) is 60.7 Å². The van der Waals surface area contributed by atoms with E-state index in [0.29, 0.717) is 12.5 Å². The third-order valence-corrected chi connectivity index (χ3v) is 4.37. The van der Waals surface area contributed by atoms with E-state index >= 15 is 0 Å². The van der Waals surface area contributed by atoms with Gasteiger partial charge >= 0.3 is 0 Å². The summed E-state index contributed by atoms with van der Waals surface area (Å²) in [5.41, 5.74) is 3.71. The van der Waals surface area contributed by atoms with E-state index in [1.807, 2.05) is 0 Å². The lowest BCUT2D eigenvalue weighted by atomic mass is 10.0. The molecule has 3 heteroatoms. The van der Waals surface area contributed by atoms with Gasteiger partial charge in [-0.2, -0.15) is 0 Å². The first-order valence-electron chi connectivity index (χ1n) is 9.03. The second kappa shape index (κ2) is 9.61. The Morgan fingerprint density at radius 1 is 0.923 bits per heavy atom. The molecule has 1 N–H and O–H groups in total. The van der Waals surface area contributed by atoms with E-state index < -0.39 is 0 Å². The van der Waals surface area contributed by atoms with Gasteiger partial charge in [-0.3, -0.25) is 0 Å². The van der Waals surface area contributed by atoms with Crippen LogP contribution in [0.1, 0.15) is 30.5 Å². The van der Waals surface area contributed by atoms with Crippen molar-refractivity contribution >= 4 is 23.2 Å². The number of hydrogen-bond donors (Lipinski definition) is 1. The zero-order valence-corrected chi connectivity index (χ0v) is 16.6. The lowest BCUT2D eigenvalue weighted by molar-refractivity contribution is 0.302. The molecule has 0 bridgehead atoms. The minimum Gasteiger partial charge on any atom is -0.489 e. The Kier molecular flexibility index (Phi) is 7.50. The van der Waals surface area contributed by atoms with Gasteiger partial charge in [0, 0.05) is 12.1 Å². The number of fused-ring (bicyclic) bond motifs is 1. The van der Waals surface area contributed by atoms with E-state index in [4.69, 9.17) is 4.74 Å². The first kappa shape index (κ1) is 20.3. The van der Waals surface area contributed by atoms with Crippen LogP contribution in [-0.2, 0) is 13.2 Å². The van der Waals surface area contributed by atoms with Gasteiger partial charge in [-0.1, -0.05) is 74.0 Å². The highest BCUT2D eigenvalue weighted by Crippen LogP contribution is 2.28. The van der Waals surface area contributed by atoms with Gasteiger partial charge in [0.15, 0.2) is 0 Å². The second-order valence-corrected chi connectivity index (χ2v) is 7.06. The van der Waals surface area contributed by atoms with Crippen LogP contribution < -0.4 is 10.1 Å². The summed E-state index contributed by atoms with van der Waals surface area (Å²) in [6.07, 6.45) is 0. The fourth-order valence-electron chi connectivity index (χ4n) is 2.96. The van der Waals surface area contributed by atoms with E-state index in [-0.39, 0.29) is 12.4 Å². The van der Waals surface area contributed by atoms with Crippen LogP contribution in [0.5, 0.6) is 5.75 Å². The maximum absolute atomic E-state index is 6.19. The smallest absolute Gasteiger partial charge is 0.124 e. The molecule has 0 saturated carbocycles. The number of benzene rings is 3. The molecule has 3 aromatic carbocycles. The van der Waals surface area contributed by atoms with Gasteiger partial charge in [0.2, 0.25) is 0 Å². The van der Waals surface area contributed by atoms with Crippen LogP contribution in [0.25, 0.3) is 10.8 Å². The van der Waals surface area contributed by atoms with Crippen LogP contribution in [0.4, 0.5) is 0 Å². The third kappa shape index (κ3) is 5.23. The summed E-state index contributed by atoms with van der Waals surface area (Å²) in [5.74, 6) is 1.60. The van der Waals surface area contributed by atoms with Crippen molar-refractivity contribution in [3.8, 4) is 5.75 Å². The van der Waals surface area contributed by atoms with Gasteiger partial charge in [-0.15, -0.1) is 12.4 Å². The summed E-state index contributed by atoms with van der Waals surface area (Å²) < 4.78 is 6.19. The van der Waals surface area contributed by atoms with Crippen LogP contribution in [0.3, 0.4) is 0 Å². The first-order valence-corrected chi connectivity index (χ1v) is 9.03. The molecule has 0 aliphatic heterocycles. The molecule has 0 aromatic heterocycles. The molecule has 138 valence electrons. The number of hydrogen-bond acceptors (Lipinski definition) is 2. The van der Waals surface area contributed by atoms with E-state index in [1.54, 1.807) is 0 Å². The molecule has 0 saturated heterocycles. The van der Waals surface area contributed by atoms with Gasteiger partial charge in [0.05, 0.1) is 0 Å². The van der Waals surface area contributed by atoms with Crippen LogP contribution in [0, 0.1) is 12.8 Å². The van der Waals surface area contributed by atoms with Crippen molar-refractivity contribution in [1.29, 1.82) is 0 Å². The SMILES string of the molecule is Cc1ccc(COc2ccc3ccccc3c2CNCC(C)C)cc1.Cl. The number of ether oxygens (including phenoxy) is 1. The Bertz CT molecular complexity index is 827. The molecule has 3 aromatic rings. The molecule has 26 heavy (non-hydrogen) atoms. The van der Waals surface area contributed by atoms with Crippen molar-refractivity contribution in [1.82, 2.24) is 5.32 Å². The normalized spacial score (nSPS) is 10.8. The Hall–Kier alpha value is -2.03. The van der Waals surface area contributed by atoms with Gasteiger partial charge in [-0.05, 0) is 41.8 Å². The molecule has 0 amide bonds. The monoisotopic (exact) mass is 369 g/mol. The topological polar surface area (TPSA) is 21.3 Å². The average Bonchev–Trinajstić information content (AvgIpc) is 2.62. The Balaban J connectivity index is 0.00000243. The number of aryl methyl sites for hydroxylation is 1. The number of halogens is 1. The molecule has 0 atom stereocenters. The molecule has 0 aliphatic carbocycles. The zero-order valence-electron chi connectivity index (χ0n) is 15.8. The highest BCUT2D eigenvalue weighted by Gasteiger charge is 2.09. The predicted molar refractivity (Wildman–Crippen MR) is 113 cm³/mol. The zero-order chi connectivity index (χ0) is 17.6. The molecule has 3 rings (SSSR count). The Labute approximate surface area is 163 Å². The van der Waals surface area contributed by atoms with E-state index in [9.17, 15) is 0 Å². The predicted octanol–water partition coefficient (Wildman–Crippen LogP) is 5.89. The summed E-state index contributed by atoms with van der Waals surface area (Å²) in [6.45, 7) is 8.97. The lowest BCUT2D eigenvalue weighted by Crippen LogP contribution is -2.19. The van der Waals surface area contributed by atoms with Crippen LogP contribution in [0.2, 0.25) is 0 Å². The molecule has 0 spiro atoms. The van der Waals surface area contributed by atoms with E-state index in [2.05, 4.69) is 86.8 Å². The van der Waals surface area contributed by atoms with Crippen molar-refractivity contribution in [2.45, 2.75) is 33.9 Å². The Morgan fingerprint density at radius 3 is 2.38 bits per heavy atom. The van der Waals surface area contributed by atoms with Crippen molar-refractivity contribution in [3.63, 3.8) is 0 Å². The van der Waals surface area contributed by atoms with E-state index in [0.717, 1.165) is 18.8 Å². The molecule has 0 heterocycles. The standard InChI is InChI=1S/C23H27NO.ClH/c1-17(2)14-24-15-22-21-7-5-4-6-20(21)12-13-23(22)25-16-19-10-8-18(3)9-11-19;/h4-13,17,24H,14-16H2,1-3H3;1H. The quantitative estimate of drug-likeness (QED) is 0.560. The van der Waals surface area contributed by atoms with Crippen molar-refractivity contribution in [3.05, 3.63) is 77.4 Å². The first-order chi connectivity index (χ1) is 12.1. The summed E-state index contributed by atoms with van der Waals surface area (Å²) in [7, 11) is 0. The minimum atomic E-state index is 0. The summed E-state index contributed by atoms with van der Waals surface area (Å²) in [6, 6.07) is 21.3. The Morgan fingerprint density at radius 2 is 1.65 bits per heavy atom. The second-order valence-electron chi connectivity index (χ2n) is 7.06. The number of nitrogens with one attached hydrogen (secondary N) is 1. The molecule has 0 unspecified atom stereocenters. The van der Waals surface area contributed by atoms with Crippen LogP contribution in [-0.4, -0.2) is 6.54 Å². The highest BCUT2D eigenvalue weighted by atomic mass is 35.5. The summed E-state index contributed by atoms with van der Waals surface area (Å²) >= 11 is 0. The van der Waals surface area contributed by atoms with E-state index in [1.165, 1.54) is 27.5 Å². The fraction of sp³-hybridized carbons (Fsp3) is 0.304. The molecular formula is C23H28ClNO. The summed E-state index contributed by atoms with van der Waals surface area (Å²) in [4.78, 5) is 0. The van der Waals surface area contributed by atoms with Crippen molar-refractivity contribution in [2.75, 3.05) is 6.54 Å². The third-order valence-electron chi connectivity index (χ3n) is 4.37. The number of rotatable bonds is 7. The largest absolute Gasteiger partial charge is 0.489 e. The molecule has 0 fully saturated rings. The molecular weight excluding hydrogens is 342 g/mol. The van der Waals surface area contributed by atoms with Crippen molar-refractivity contribution in [2.24, 2.45) is 5.92 Å². The minimum absolute atomic E-state index is 0. The molecule has 2 nitrogen and oxygen atoms in total. The fourth-order valence-corrected chi connectivity index (χ4v) is 2.96. The average molecular weight is 370 g/mol. The van der Waals surface area contributed by atoms with Crippen molar-refractivity contribution < 1.29 is 4.74 Å². The van der Waals surface area contributed by atoms with Gasteiger partial charge in [0.1, 0.15) is 12.4 Å². The molecule has 0 aliphatic rings.